The Hall–Kier alpha value is -2.42. The molecular weight excluding hydrogens is 427 g/mol. The Kier molecular flexibility index (Phi) is 6.89. The van der Waals surface area contributed by atoms with E-state index < -0.39 is 6.61 Å². The van der Waals surface area contributed by atoms with Crippen molar-refractivity contribution < 1.29 is 22.8 Å². The average molecular weight is 444 g/mol. The standard InChI is InChI=1S/C19H17Cl2F2N3O3/c1-26(9-11-5-13(20)8-14(21)6-11)10-17-24-18(25-29-17)12-3-4-15(28-19(22)23)16(7-12)27-2/h3-8,19H,9-10H2,1-2H3. The number of rotatable bonds is 8. The molecule has 0 saturated carbocycles. The van der Waals surface area contributed by atoms with Gasteiger partial charge in [0, 0.05) is 22.2 Å². The van der Waals surface area contributed by atoms with Crippen molar-refractivity contribution in [2.24, 2.45) is 0 Å². The average Bonchev–Trinajstić information content (AvgIpc) is 3.08. The fourth-order valence-electron chi connectivity index (χ4n) is 2.74. The maximum Gasteiger partial charge on any atom is 0.387 e. The molecule has 0 radical (unpaired) electrons. The molecule has 0 saturated heterocycles. The lowest BCUT2D eigenvalue weighted by molar-refractivity contribution is -0.0512. The Morgan fingerprint density at radius 3 is 2.45 bits per heavy atom. The van der Waals surface area contributed by atoms with Crippen molar-refractivity contribution in [3.05, 3.63) is 57.9 Å². The Balaban J connectivity index is 1.70. The first-order valence-electron chi connectivity index (χ1n) is 8.43. The third-order valence-electron chi connectivity index (χ3n) is 3.89. The number of methoxy groups -OCH3 is 1. The van der Waals surface area contributed by atoms with E-state index in [4.69, 9.17) is 32.5 Å². The number of hydrogen-bond acceptors (Lipinski definition) is 6. The smallest absolute Gasteiger partial charge is 0.387 e. The number of benzene rings is 2. The number of aromatic nitrogens is 2. The highest BCUT2D eigenvalue weighted by atomic mass is 35.5. The molecule has 10 heteroatoms. The van der Waals surface area contributed by atoms with E-state index in [0.29, 0.717) is 40.4 Å². The van der Waals surface area contributed by atoms with Crippen molar-refractivity contribution >= 4 is 23.2 Å². The topological polar surface area (TPSA) is 60.6 Å². The SMILES string of the molecule is COc1cc(-c2noc(CN(C)Cc3cc(Cl)cc(Cl)c3)n2)ccc1OC(F)F. The zero-order valence-corrected chi connectivity index (χ0v) is 17.0. The molecule has 0 aliphatic heterocycles. The summed E-state index contributed by atoms with van der Waals surface area (Å²) in [5, 5.41) is 5.07. The van der Waals surface area contributed by atoms with Gasteiger partial charge in [0.15, 0.2) is 11.5 Å². The van der Waals surface area contributed by atoms with Gasteiger partial charge in [0.1, 0.15) is 0 Å². The van der Waals surface area contributed by atoms with Crippen LogP contribution in [0.25, 0.3) is 11.4 Å². The first-order valence-corrected chi connectivity index (χ1v) is 9.19. The molecule has 154 valence electrons. The van der Waals surface area contributed by atoms with Crippen LogP contribution in [0.4, 0.5) is 8.78 Å². The molecule has 0 spiro atoms. The van der Waals surface area contributed by atoms with Gasteiger partial charge in [-0.05, 0) is 49.0 Å². The van der Waals surface area contributed by atoms with E-state index in [1.54, 1.807) is 12.1 Å². The molecular formula is C19H17Cl2F2N3O3. The Morgan fingerprint density at radius 1 is 1.07 bits per heavy atom. The molecule has 0 N–H and O–H groups in total. The van der Waals surface area contributed by atoms with Gasteiger partial charge in [-0.2, -0.15) is 13.8 Å². The van der Waals surface area contributed by atoms with Gasteiger partial charge in [0.05, 0.1) is 13.7 Å². The van der Waals surface area contributed by atoms with E-state index in [0.717, 1.165) is 5.56 Å². The minimum atomic E-state index is -2.95. The maximum atomic E-state index is 12.4. The molecule has 29 heavy (non-hydrogen) atoms. The predicted octanol–water partition coefficient (Wildman–Crippen LogP) is 5.29. The number of halogens is 4. The second-order valence-corrected chi connectivity index (χ2v) is 7.08. The summed E-state index contributed by atoms with van der Waals surface area (Å²) < 4.78 is 39.7. The number of alkyl halides is 2. The Labute approximate surface area is 175 Å². The van der Waals surface area contributed by atoms with Gasteiger partial charge >= 0.3 is 6.61 Å². The van der Waals surface area contributed by atoms with Crippen LogP contribution in [0, 0.1) is 0 Å². The maximum absolute atomic E-state index is 12.4. The molecule has 6 nitrogen and oxygen atoms in total. The van der Waals surface area contributed by atoms with Crippen molar-refractivity contribution in [1.82, 2.24) is 15.0 Å². The lowest BCUT2D eigenvalue weighted by atomic mass is 10.2. The molecule has 0 atom stereocenters. The highest BCUT2D eigenvalue weighted by Gasteiger charge is 2.16. The normalized spacial score (nSPS) is 11.3. The van der Waals surface area contributed by atoms with Gasteiger partial charge in [-0.15, -0.1) is 0 Å². The van der Waals surface area contributed by atoms with Crippen molar-refractivity contribution in [3.8, 4) is 22.9 Å². The summed E-state index contributed by atoms with van der Waals surface area (Å²) in [6.07, 6.45) is 0. The van der Waals surface area contributed by atoms with E-state index >= 15 is 0 Å². The van der Waals surface area contributed by atoms with Crippen molar-refractivity contribution in [2.75, 3.05) is 14.2 Å². The van der Waals surface area contributed by atoms with Gasteiger partial charge in [-0.3, -0.25) is 4.90 Å². The molecule has 0 fully saturated rings. The summed E-state index contributed by atoms with van der Waals surface area (Å²) in [4.78, 5) is 6.30. The summed E-state index contributed by atoms with van der Waals surface area (Å²) in [5.74, 6) is 0.766. The monoisotopic (exact) mass is 443 g/mol. The van der Waals surface area contributed by atoms with Crippen molar-refractivity contribution in [3.63, 3.8) is 0 Å². The molecule has 0 unspecified atom stereocenters. The van der Waals surface area contributed by atoms with Crippen LogP contribution in [0.5, 0.6) is 11.5 Å². The Morgan fingerprint density at radius 2 is 1.79 bits per heavy atom. The molecule has 1 heterocycles. The molecule has 0 bridgehead atoms. The minimum absolute atomic E-state index is 0.0742. The molecule has 2 aromatic carbocycles. The number of nitrogens with zero attached hydrogens (tertiary/aromatic N) is 3. The minimum Gasteiger partial charge on any atom is -0.493 e. The summed E-state index contributed by atoms with van der Waals surface area (Å²) >= 11 is 12.0. The predicted molar refractivity (Wildman–Crippen MR) is 105 cm³/mol. The zero-order chi connectivity index (χ0) is 21.0. The molecule has 1 aromatic heterocycles. The van der Waals surface area contributed by atoms with Gasteiger partial charge in [0.2, 0.25) is 11.7 Å². The van der Waals surface area contributed by atoms with Gasteiger partial charge < -0.3 is 14.0 Å². The van der Waals surface area contributed by atoms with Crippen LogP contribution in [0.2, 0.25) is 10.0 Å². The molecule has 0 amide bonds. The highest BCUT2D eigenvalue weighted by molar-refractivity contribution is 6.34. The van der Waals surface area contributed by atoms with Crippen LogP contribution in [-0.2, 0) is 13.1 Å². The lowest BCUT2D eigenvalue weighted by Gasteiger charge is -2.14. The quantitative estimate of drug-likeness (QED) is 0.471. The van der Waals surface area contributed by atoms with Crippen LogP contribution < -0.4 is 9.47 Å². The van der Waals surface area contributed by atoms with Crippen LogP contribution in [-0.4, -0.2) is 35.8 Å². The van der Waals surface area contributed by atoms with Gasteiger partial charge in [-0.25, -0.2) is 0 Å². The molecule has 0 aliphatic carbocycles. The van der Waals surface area contributed by atoms with E-state index in [1.165, 1.54) is 19.2 Å². The summed E-state index contributed by atoms with van der Waals surface area (Å²) in [6, 6.07) is 9.75. The second kappa shape index (κ2) is 9.39. The fraction of sp³-hybridized carbons (Fsp3) is 0.263. The summed E-state index contributed by atoms with van der Waals surface area (Å²) in [5.41, 5.74) is 1.49. The zero-order valence-electron chi connectivity index (χ0n) is 15.5. The molecule has 0 aliphatic rings. The lowest BCUT2D eigenvalue weighted by Crippen LogP contribution is -2.17. The number of hydrogen-bond donors (Lipinski definition) is 0. The first kappa shape index (κ1) is 21.3. The van der Waals surface area contributed by atoms with Crippen LogP contribution in [0.3, 0.4) is 0 Å². The molecule has 3 aromatic rings. The van der Waals surface area contributed by atoms with E-state index in [9.17, 15) is 8.78 Å². The van der Waals surface area contributed by atoms with Crippen LogP contribution in [0.15, 0.2) is 40.9 Å². The number of ether oxygens (including phenoxy) is 2. The van der Waals surface area contributed by atoms with E-state index in [2.05, 4.69) is 14.9 Å². The van der Waals surface area contributed by atoms with E-state index in [1.807, 2.05) is 24.1 Å². The van der Waals surface area contributed by atoms with Crippen LogP contribution >= 0.6 is 23.2 Å². The third kappa shape index (κ3) is 5.79. The summed E-state index contributed by atoms with van der Waals surface area (Å²) in [7, 11) is 3.24. The second-order valence-electron chi connectivity index (χ2n) is 6.21. The molecule has 3 rings (SSSR count). The fourth-order valence-corrected chi connectivity index (χ4v) is 3.31. The first-order chi connectivity index (χ1) is 13.8. The van der Waals surface area contributed by atoms with Gasteiger partial charge in [0.25, 0.3) is 0 Å². The van der Waals surface area contributed by atoms with Gasteiger partial charge in [-0.1, -0.05) is 28.4 Å². The van der Waals surface area contributed by atoms with Crippen molar-refractivity contribution in [1.29, 1.82) is 0 Å². The largest absolute Gasteiger partial charge is 0.493 e. The summed E-state index contributed by atoms with van der Waals surface area (Å²) in [6.45, 7) is -1.98. The Bertz CT molecular complexity index is 965. The van der Waals surface area contributed by atoms with Crippen LogP contribution in [0.1, 0.15) is 11.5 Å². The van der Waals surface area contributed by atoms with Crippen molar-refractivity contribution in [2.45, 2.75) is 19.7 Å². The van der Waals surface area contributed by atoms with E-state index in [-0.39, 0.29) is 11.5 Å². The highest BCUT2D eigenvalue weighted by Crippen LogP contribution is 2.32. The third-order valence-corrected chi connectivity index (χ3v) is 4.32.